The zero-order valence-electron chi connectivity index (χ0n) is 15.9. The number of hydrogen-bond donors (Lipinski definition) is 4. The number of Topliss-reactive ketones (excluding diaryl/α,β-unsaturated/α-hetero) is 1. The number of halogens is 1. The molecule has 0 aromatic heterocycles. The molecule has 3 atom stereocenters. The normalized spacial score (nSPS) is 14.3. The smallest absolute Gasteiger partial charge is 0.408 e. The van der Waals surface area contributed by atoms with E-state index in [1.54, 1.807) is 20.8 Å². The van der Waals surface area contributed by atoms with Gasteiger partial charge in [-0.25, -0.2) is 9.18 Å². The van der Waals surface area contributed by atoms with Crippen molar-refractivity contribution in [3.05, 3.63) is 0 Å². The molecule has 0 heterocycles. The number of carbonyl (C=O) groups is 5. The van der Waals surface area contributed by atoms with Crippen LogP contribution >= 0.6 is 0 Å². The first-order valence-corrected chi connectivity index (χ1v) is 8.17. The molecule has 4 N–H and O–H groups in total. The monoisotopic (exact) mass is 391 g/mol. The highest BCUT2D eigenvalue weighted by molar-refractivity contribution is 5.95. The molecular formula is C16H26FN3O7. The van der Waals surface area contributed by atoms with Crippen LogP contribution in [0.5, 0.6) is 0 Å². The molecule has 0 aliphatic heterocycles. The Morgan fingerprint density at radius 2 is 1.44 bits per heavy atom. The third-order valence-electron chi connectivity index (χ3n) is 3.09. The van der Waals surface area contributed by atoms with E-state index in [4.69, 9.17) is 9.84 Å². The Morgan fingerprint density at radius 1 is 0.963 bits per heavy atom. The van der Waals surface area contributed by atoms with Gasteiger partial charge in [0.2, 0.25) is 11.8 Å². The molecule has 0 aliphatic rings. The van der Waals surface area contributed by atoms with Crippen LogP contribution in [0.25, 0.3) is 0 Å². The lowest BCUT2D eigenvalue weighted by molar-refractivity contribution is -0.140. The maximum absolute atomic E-state index is 12.5. The number of alkyl halides is 1. The summed E-state index contributed by atoms with van der Waals surface area (Å²) in [5, 5.41) is 15.4. The summed E-state index contributed by atoms with van der Waals surface area (Å²) in [6.07, 6.45) is -1.61. The molecule has 0 aromatic rings. The molecule has 154 valence electrons. The third-order valence-corrected chi connectivity index (χ3v) is 3.09. The third kappa shape index (κ3) is 10.1. The summed E-state index contributed by atoms with van der Waals surface area (Å²) < 4.78 is 17.5. The second-order valence-corrected chi connectivity index (χ2v) is 6.86. The summed E-state index contributed by atoms with van der Waals surface area (Å²) in [5.74, 6) is -4.07. The van der Waals surface area contributed by atoms with Gasteiger partial charge in [0.25, 0.3) is 0 Å². The van der Waals surface area contributed by atoms with Gasteiger partial charge in [-0.3, -0.25) is 19.2 Å². The fraction of sp³-hybridized carbons (Fsp3) is 0.688. The molecule has 0 aliphatic carbocycles. The first-order valence-electron chi connectivity index (χ1n) is 8.17. The lowest BCUT2D eigenvalue weighted by Gasteiger charge is -2.23. The zero-order chi connectivity index (χ0) is 21.4. The Balaban J connectivity index is 4.71. The van der Waals surface area contributed by atoms with E-state index in [-0.39, 0.29) is 0 Å². The fourth-order valence-electron chi connectivity index (χ4n) is 1.76. The van der Waals surface area contributed by atoms with Gasteiger partial charge in [-0.2, -0.15) is 0 Å². The number of carboxylic acid groups (broad SMARTS) is 1. The zero-order valence-corrected chi connectivity index (χ0v) is 15.9. The molecule has 0 saturated carbocycles. The molecule has 10 nitrogen and oxygen atoms in total. The van der Waals surface area contributed by atoms with Crippen LogP contribution in [0.15, 0.2) is 0 Å². The van der Waals surface area contributed by atoms with Gasteiger partial charge < -0.3 is 25.8 Å². The van der Waals surface area contributed by atoms with Gasteiger partial charge in [0.1, 0.15) is 30.4 Å². The SMILES string of the molecule is C[C@H](NC(=O)OC(C)(C)C)C(=O)N[C@@H](C)C(=O)N[C@@H](CC(=O)O)C(=O)CF. The first-order chi connectivity index (χ1) is 12.3. The minimum atomic E-state index is -1.54. The lowest BCUT2D eigenvalue weighted by atomic mass is 10.1. The average molecular weight is 391 g/mol. The molecule has 0 rings (SSSR count). The molecule has 0 unspecified atom stereocenters. The summed E-state index contributed by atoms with van der Waals surface area (Å²) in [6.45, 7) is 6.16. The van der Waals surface area contributed by atoms with Crippen LogP contribution in [-0.2, 0) is 23.9 Å². The topological polar surface area (TPSA) is 151 Å². The second-order valence-electron chi connectivity index (χ2n) is 6.86. The van der Waals surface area contributed by atoms with Crippen LogP contribution in [0.1, 0.15) is 41.0 Å². The van der Waals surface area contributed by atoms with Gasteiger partial charge in [0.15, 0.2) is 5.78 Å². The van der Waals surface area contributed by atoms with Gasteiger partial charge in [0.05, 0.1) is 6.42 Å². The largest absolute Gasteiger partial charge is 0.481 e. The summed E-state index contributed by atoms with van der Waals surface area (Å²) in [6, 6.07) is -3.74. The highest BCUT2D eigenvalue weighted by Gasteiger charge is 2.27. The number of amides is 3. The van der Waals surface area contributed by atoms with E-state index in [1.165, 1.54) is 13.8 Å². The van der Waals surface area contributed by atoms with Gasteiger partial charge in [-0.05, 0) is 34.6 Å². The molecule has 3 amide bonds. The van der Waals surface area contributed by atoms with Crippen molar-refractivity contribution in [1.29, 1.82) is 0 Å². The lowest BCUT2D eigenvalue weighted by Crippen LogP contribution is -2.54. The van der Waals surface area contributed by atoms with Crippen LogP contribution in [0.2, 0.25) is 0 Å². The molecule has 0 spiro atoms. The number of aliphatic carboxylic acids is 1. The minimum absolute atomic E-state index is 0.713. The standard InChI is InChI=1S/C16H26FN3O7/c1-8(14(25)20-10(6-12(22)23)11(21)7-17)18-13(24)9(2)19-15(26)27-16(3,4)5/h8-10H,6-7H2,1-5H3,(H,18,24)(H,19,26)(H,20,25)(H,22,23)/t8-,9-,10-/m0/s1. The van der Waals surface area contributed by atoms with Gasteiger partial charge in [0, 0.05) is 0 Å². The van der Waals surface area contributed by atoms with E-state index in [0.29, 0.717) is 0 Å². The maximum Gasteiger partial charge on any atom is 0.408 e. The quantitative estimate of drug-likeness (QED) is 0.428. The number of nitrogens with one attached hydrogen (secondary N) is 3. The summed E-state index contributed by atoms with van der Waals surface area (Å²) in [5.41, 5.74) is -0.754. The van der Waals surface area contributed by atoms with Gasteiger partial charge in [-0.1, -0.05) is 0 Å². The van der Waals surface area contributed by atoms with E-state index >= 15 is 0 Å². The predicted octanol–water partition coefficient (Wildman–Crippen LogP) is -0.0976. The number of alkyl carbamates (subject to hydrolysis) is 1. The average Bonchev–Trinajstić information content (AvgIpc) is 2.50. The summed E-state index contributed by atoms with van der Waals surface area (Å²) in [7, 11) is 0. The van der Waals surface area contributed by atoms with Crippen LogP contribution in [0, 0.1) is 0 Å². The Hall–Kier alpha value is -2.72. The van der Waals surface area contributed by atoms with E-state index in [0.717, 1.165) is 0 Å². The number of rotatable bonds is 9. The highest BCUT2D eigenvalue weighted by Crippen LogP contribution is 2.06. The predicted molar refractivity (Wildman–Crippen MR) is 91.6 cm³/mol. The number of hydrogen-bond acceptors (Lipinski definition) is 6. The van der Waals surface area contributed by atoms with Crippen molar-refractivity contribution in [3.63, 3.8) is 0 Å². The highest BCUT2D eigenvalue weighted by atomic mass is 19.1. The van der Waals surface area contributed by atoms with Crippen LogP contribution in [0.4, 0.5) is 9.18 Å². The summed E-state index contributed by atoms with van der Waals surface area (Å²) >= 11 is 0. The fourth-order valence-corrected chi connectivity index (χ4v) is 1.76. The second kappa shape index (κ2) is 10.4. The molecular weight excluding hydrogens is 365 g/mol. The molecule has 0 fully saturated rings. The first kappa shape index (κ1) is 24.3. The summed E-state index contributed by atoms with van der Waals surface area (Å²) in [4.78, 5) is 57.7. The Bertz CT molecular complexity index is 589. The van der Waals surface area contributed by atoms with Crippen LogP contribution in [-0.4, -0.2) is 65.2 Å². The molecule has 11 heteroatoms. The van der Waals surface area contributed by atoms with Gasteiger partial charge in [-0.15, -0.1) is 0 Å². The number of carboxylic acids is 1. The van der Waals surface area contributed by atoms with Crippen molar-refractivity contribution >= 4 is 29.7 Å². The Labute approximate surface area is 156 Å². The number of ketones is 1. The maximum atomic E-state index is 12.5. The van der Waals surface area contributed by atoms with E-state index in [1.807, 2.05) is 0 Å². The van der Waals surface area contributed by atoms with Crippen molar-refractivity contribution in [2.75, 3.05) is 6.67 Å². The van der Waals surface area contributed by atoms with Crippen molar-refractivity contribution < 1.29 is 38.2 Å². The minimum Gasteiger partial charge on any atom is -0.481 e. The van der Waals surface area contributed by atoms with E-state index in [9.17, 15) is 28.4 Å². The van der Waals surface area contributed by atoms with Crippen LogP contribution in [0.3, 0.4) is 0 Å². The molecule has 27 heavy (non-hydrogen) atoms. The molecule has 0 bridgehead atoms. The molecule has 0 radical (unpaired) electrons. The van der Waals surface area contributed by atoms with Crippen molar-refractivity contribution in [3.8, 4) is 0 Å². The molecule has 0 aromatic carbocycles. The van der Waals surface area contributed by atoms with Crippen molar-refractivity contribution in [2.45, 2.75) is 64.8 Å². The number of carbonyl (C=O) groups excluding carboxylic acids is 4. The van der Waals surface area contributed by atoms with E-state index in [2.05, 4.69) is 16.0 Å². The number of ether oxygens (including phenoxy) is 1. The van der Waals surface area contributed by atoms with Crippen molar-refractivity contribution in [2.24, 2.45) is 0 Å². The molecule has 0 saturated heterocycles. The van der Waals surface area contributed by atoms with Crippen LogP contribution < -0.4 is 16.0 Å². The Kier molecular flexibility index (Phi) is 9.38. The van der Waals surface area contributed by atoms with Crippen molar-refractivity contribution in [1.82, 2.24) is 16.0 Å². The Morgan fingerprint density at radius 3 is 1.89 bits per heavy atom. The van der Waals surface area contributed by atoms with Gasteiger partial charge >= 0.3 is 12.1 Å². The van der Waals surface area contributed by atoms with E-state index < -0.39 is 66.5 Å².